The molecule has 2 heterocycles. The van der Waals surface area contributed by atoms with E-state index in [0.717, 1.165) is 22.2 Å². The third-order valence-corrected chi connectivity index (χ3v) is 4.51. The monoisotopic (exact) mass is 320 g/mol. The lowest BCUT2D eigenvalue weighted by Crippen LogP contribution is -2.42. The lowest BCUT2D eigenvalue weighted by molar-refractivity contribution is -0.142. The summed E-state index contributed by atoms with van der Waals surface area (Å²) in [7, 11) is 0. The van der Waals surface area contributed by atoms with Crippen LogP contribution in [0.15, 0.2) is 54.6 Å². The van der Waals surface area contributed by atoms with Gasteiger partial charge in [0.15, 0.2) is 0 Å². The Morgan fingerprint density at radius 1 is 1.17 bits per heavy atom. The summed E-state index contributed by atoms with van der Waals surface area (Å²) < 4.78 is 0. The zero-order valence-corrected chi connectivity index (χ0v) is 12.9. The van der Waals surface area contributed by atoms with Gasteiger partial charge in [-0.2, -0.15) is 0 Å². The molecular weight excluding hydrogens is 304 g/mol. The van der Waals surface area contributed by atoms with Gasteiger partial charge in [0.05, 0.1) is 0 Å². The molecule has 0 fully saturated rings. The summed E-state index contributed by atoms with van der Waals surface area (Å²) in [5.41, 5.74) is 3.26. The first-order valence-electron chi connectivity index (χ1n) is 7.82. The second-order valence-corrected chi connectivity index (χ2v) is 6.03. The van der Waals surface area contributed by atoms with Crippen LogP contribution in [0.4, 0.5) is 0 Å². The van der Waals surface area contributed by atoms with Crippen LogP contribution in [-0.4, -0.2) is 32.9 Å². The van der Waals surface area contributed by atoms with Gasteiger partial charge in [-0.3, -0.25) is 4.79 Å². The molecule has 3 aromatic rings. The van der Waals surface area contributed by atoms with Crippen LogP contribution in [-0.2, 0) is 17.8 Å². The predicted octanol–water partition coefficient (Wildman–Crippen LogP) is 2.82. The largest absolute Gasteiger partial charge is 0.480 e. The van der Waals surface area contributed by atoms with Crippen molar-refractivity contribution < 1.29 is 14.7 Å². The number of para-hydroxylation sites is 1. The van der Waals surface area contributed by atoms with Crippen LogP contribution < -0.4 is 0 Å². The smallest absolute Gasteiger partial charge is 0.326 e. The number of hydrogen-bond acceptors (Lipinski definition) is 2. The second-order valence-electron chi connectivity index (χ2n) is 6.03. The number of fused-ring (bicyclic) bond motifs is 2. The van der Waals surface area contributed by atoms with Gasteiger partial charge in [0.25, 0.3) is 5.91 Å². The van der Waals surface area contributed by atoms with Crippen molar-refractivity contribution in [2.75, 3.05) is 0 Å². The number of H-pyrrole nitrogens is 1. The molecule has 1 atom stereocenters. The van der Waals surface area contributed by atoms with E-state index in [4.69, 9.17) is 0 Å². The summed E-state index contributed by atoms with van der Waals surface area (Å²) in [6, 6.07) is 16.1. The highest BCUT2D eigenvalue weighted by Crippen LogP contribution is 2.26. The van der Waals surface area contributed by atoms with Gasteiger partial charge in [0.1, 0.15) is 6.04 Å². The fourth-order valence-corrected chi connectivity index (χ4v) is 3.31. The molecule has 0 saturated carbocycles. The van der Waals surface area contributed by atoms with Crippen LogP contribution in [0.5, 0.6) is 0 Å². The summed E-state index contributed by atoms with van der Waals surface area (Å²) >= 11 is 0. The van der Waals surface area contributed by atoms with Gasteiger partial charge in [-0.25, -0.2) is 4.79 Å². The van der Waals surface area contributed by atoms with E-state index in [1.165, 1.54) is 4.90 Å². The van der Waals surface area contributed by atoms with Crippen molar-refractivity contribution >= 4 is 22.8 Å². The van der Waals surface area contributed by atoms with E-state index in [-0.39, 0.29) is 12.3 Å². The number of nitrogens with zero attached hydrogens (tertiary/aromatic N) is 1. The molecular formula is C19H16N2O3. The van der Waals surface area contributed by atoms with Crippen molar-refractivity contribution in [1.29, 1.82) is 0 Å². The zero-order chi connectivity index (χ0) is 16.7. The molecule has 5 nitrogen and oxygen atoms in total. The Labute approximate surface area is 138 Å². The summed E-state index contributed by atoms with van der Waals surface area (Å²) in [4.78, 5) is 29.0. The van der Waals surface area contributed by atoms with Crippen molar-refractivity contribution in [3.63, 3.8) is 0 Å². The molecule has 0 aliphatic carbocycles. The van der Waals surface area contributed by atoms with E-state index in [0.29, 0.717) is 12.1 Å². The summed E-state index contributed by atoms with van der Waals surface area (Å²) in [5.74, 6) is -1.20. The number of aliphatic carboxylic acids is 1. The number of hydrogen-bond donors (Lipinski definition) is 2. The van der Waals surface area contributed by atoms with E-state index in [2.05, 4.69) is 4.98 Å². The first-order valence-corrected chi connectivity index (χ1v) is 7.82. The lowest BCUT2D eigenvalue weighted by atomic mass is 10.1. The quantitative estimate of drug-likeness (QED) is 0.776. The van der Waals surface area contributed by atoms with Crippen LogP contribution in [0.1, 0.15) is 21.6 Å². The molecule has 0 unspecified atom stereocenters. The van der Waals surface area contributed by atoms with E-state index in [1.807, 2.05) is 42.5 Å². The maximum absolute atomic E-state index is 12.6. The minimum atomic E-state index is -0.991. The maximum Gasteiger partial charge on any atom is 0.326 e. The number of carbonyl (C=O) groups excluding carboxylic acids is 1. The number of carboxylic acids is 1. The highest BCUT2D eigenvalue weighted by molar-refractivity contribution is 6.00. The Bertz CT molecular complexity index is 911. The molecule has 2 N–H and O–H groups in total. The van der Waals surface area contributed by atoms with Crippen LogP contribution in [0.3, 0.4) is 0 Å². The fraction of sp³-hybridized carbons (Fsp3) is 0.158. The highest BCUT2D eigenvalue weighted by Gasteiger charge is 2.36. The number of carbonyl (C=O) groups is 2. The topological polar surface area (TPSA) is 73.4 Å². The molecule has 5 heteroatoms. The number of amides is 1. The first kappa shape index (κ1) is 14.5. The third-order valence-electron chi connectivity index (χ3n) is 4.51. The molecule has 2 aromatic carbocycles. The standard InChI is InChI=1S/C19H16N2O3/c22-18-15-7-3-1-6-13(15)11-21(18)17(19(23)24)10-14-9-12-5-2-4-8-16(12)20-14/h1-9,17,20H,10-11H2,(H,23,24)/t17-/m0/s1. The van der Waals surface area contributed by atoms with Crippen molar-refractivity contribution in [2.24, 2.45) is 0 Å². The van der Waals surface area contributed by atoms with Gasteiger partial charge in [0.2, 0.25) is 0 Å². The number of aromatic nitrogens is 1. The SMILES string of the molecule is O=C(O)[C@H](Cc1cc2ccccc2[nH]1)N1Cc2ccccc2C1=O. The molecule has 0 saturated heterocycles. The fourth-order valence-electron chi connectivity index (χ4n) is 3.31. The summed E-state index contributed by atoms with van der Waals surface area (Å²) in [6.45, 7) is 0.339. The number of benzene rings is 2. The van der Waals surface area contributed by atoms with E-state index in [9.17, 15) is 14.7 Å². The van der Waals surface area contributed by atoms with Crippen molar-refractivity contribution in [3.8, 4) is 0 Å². The van der Waals surface area contributed by atoms with Gasteiger partial charge in [-0.15, -0.1) is 0 Å². The third kappa shape index (κ3) is 2.34. The van der Waals surface area contributed by atoms with Crippen molar-refractivity contribution in [3.05, 3.63) is 71.4 Å². The van der Waals surface area contributed by atoms with Crippen molar-refractivity contribution in [1.82, 2.24) is 9.88 Å². The molecule has 1 aromatic heterocycles. The van der Waals surface area contributed by atoms with Gasteiger partial charge >= 0.3 is 5.97 Å². The minimum Gasteiger partial charge on any atom is -0.480 e. The lowest BCUT2D eigenvalue weighted by Gasteiger charge is -2.23. The molecule has 0 radical (unpaired) electrons. The first-order chi connectivity index (χ1) is 11.6. The van der Waals surface area contributed by atoms with Gasteiger partial charge < -0.3 is 15.0 Å². The number of nitrogens with one attached hydrogen (secondary N) is 1. The molecule has 24 heavy (non-hydrogen) atoms. The maximum atomic E-state index is 12.6. The van der Waals surface area contributed by atoms with Gasteiger partial charge in [-0.05, 0) is 29.1 Å². The van der Waals surface area contributed by atoms with E-state index < -0.39 is 12.0 Å². The molecule has 120 valence electrons. The predicted molar refractivity (Wildman–Crippen MR) is 89.7 cm³/mol. The Balaban J connectivity index is 1.64. The Hall–Kier alpha value is -3.08. The van der Waals surface area contributed by atoms with E-state index >= 15 is 0 Å². The number of aromatic amines is 1. The molecule has 1 aliphatic heterocycles. The molecule has 1 amide bonds. The van der Waals surface area contributed by atoms with Crippen LogP contribution >= 0.6 is 0 Å². The zero-order valence-electron chi connectivity index (χ0n) is 12.9. The molecule has 1 aliphatic rings. The van der Waals surface area contributed by atoms with Crippen LogP contribution in [0.2, 0.25) is 0 Å². The Morgan fingerprint density at radius 2 is 1.92 bits per heavy atom. The molecule has 4 rings (SSSR count). The van der Waals surface area contributed by atoms with E-state index in [1.54, 1.807) is 12.1 Å². The minimum absolute atomic E-state index is 0.214. The normalized spacial score (nSPS) is 14.8. The Kier molecular flexibility index (Phi) is 3.34. The van der Waals surface area contributed by atoms with Crippen LogP contribution in [0, 0.1) is 0 Å². The highest BCUT2D eigenvalue weighted by atomic mass is 16.4. The van der Waals surface area contributed by atoms with Gasteiger partial charge in [-0.1, -0.05) is 36.4 Å². The average molecular weight is 320 g/mol. The number of carboxylic acid groups (broad SMARTS) is 1. The van der Waals surface area contributed by atoms with Gasteiger partial charge in [0, 0.05) is 29.7 Å². The summed E-state index contributed by atoms with van der Waals surface area (Å²) in [6.07, 6.45) is 0.254. The second kappa shape index (κ2) is 5.53. The summed E-state index contributed by atoms with van der Waals surface area (Å²) in [5, 5.41) is 10.7. The average Bonchev–Trinajstić information content (AvgIpc) is 3.13. The van der Waals surface area contributed by atoms with Crippen molar-refractivity contribution in [2.45, 2.75) is 19.0 Å². The number of rotatable bonds is 4. The van der Waals surface area contributed by atoms with Crippen LogP contribution in [0.25, 0.3) is 10.9 Å². The molecule has 0 spiro atoms. The Morgan fingerprint density at radius 3 is 2.67 bits per heavy atom. The molecule has 0 bridgehead atoms.